The summed E-state index contributed by atoms with van der Waals surface area (Å²) in [7, 11) is 2.26. The van der Waals surface area contributed by atoms with Gasteiger partial charge in [-0.3, -0.25) is 0 Å². The summed E-state index contributed by atoms with van der Waals surface area (Å²) in [5.41, 5.74) is 12.4. The molecule has 0 radical (unpaired) electrons. The van der Waals surface area contributed by atoms with Gasteiger partial charge in [-0.25, -0.2) is 0 Å². The van der Waals surface area contributed by atoms with Crippen LogP contribution in [-0.2, 0) is 26.3 Å². The van der Waals surface area contributed by atoms with E-state index in [4.69, 9.17) is 4.42 Å². The average molecular weight is 408 g/mol. The summed E-state index contributed by atoms with van der Waals surface area (Å²) in [5, 5.41) is 1.28. The van der Waals surface area contributed by atoms with Crippen LogP contribution in [0.5, 0.6) is 0 Å². The minimum atomic E-state index is 0.992. The Kier molecular flexibility index (Phi) is 4.41. The first-order valence-electron chi connectivity index (χ1n) is 11.7. The summed E-state index contributed by atoms with van der Waals surface area (Å²) in [6, 6.07) is 8.53. The monoisotopic (exact) mass is 407 g/mol. The number of nitrogens with zero attached hydrogens (tertiary/aromatic N) is 1. The van der Waals surface area contributed by atoms with E-state index in [0.717, 1.165) is 56.3 Å². The number of allylic oxidation sites excluding steroid dienone is 6. The zero-order valence-corrected chi connectivity index (χ0v) is 18.5. The zero-order valence-electron chi connectivity index (χ0n) is 18.5. The highest BCUT2D eigenvalue weighted by molar-refractivity contribution is 5.93. The van der Waals surface area contributed by atoms with E-state index >= 15 is 0 Å². The number of aromatic nitrogens is 1. The van der Waals surface area contributed by atoms with E-state index in [1.54, 1.807) is 0 Å². The molecule has 0 aliphatic heterocycles. The molecular weight excluding hydrogens is 378 g/mol. The van der Waals surface area contributed by atoms with Crippen LogP contribution in [0.4, 0.5) is 0 Å². The van der Waals surface area contributed by atoms with Gasteiger partial charge in [0.2, 0.25) is 0 Å². The van der Waals surface area contributed by atoms with Crippen molar-refractivity contribution in [2.75, 3.05) is 0 Å². The van der Waals surface area contributed by atoms with E-state index in [1.165, 1.54) is 50.2 Å². The summed E-state index contributed by atoms with van der Waals surface area (Å²) >= 11 is 0. The van der Waals surface area contributed by atoms with Crippen molar-refractivity contribution in [1.29, 1.82) is 0 Å². The number of fused-ring (bicyclic) bond motifs is 4. The lowest BCUT2D eigenvalue weighted by Gasteiger charge is -2.21. The maximum atomic E-state index is 6.54. The van der Waals surface area contributed by atoms with Crippen molar-refractivity contribution in [3.05, 3.63) is 93.6 Å². The van der Waals surface area contributed by atoms with Gasteiger partial charge in [-0.15, -0.1) is 0 Å². The molecule has 31 heavy (non-hydrogen) atoms. The topological polar surface area (TPSA) is 18.1 Å². The molecule has 0 amide bonds. The van der Waals surface area contributed by atoms with Gasteiger partial charge in [0.1, 0.15) is 11.3 Å². The van der Waals surface area contributed by atoms with E-state index in [2.05, 4.69) is 73.2 Å². The van der Waals surface area contributed by atoms with Crippen LogP contribution in [0.25, 0.3) is 22.6 Å². The summed E-state index contributed by atoms with van der Waals surface area (Å²) in [6.45, 7) is 2.30. The zero-order chi connectivity index (χ0) is 20.9. The standard InChI is InChI=1S/C29H29NO/c1-19-16-17-23-22-13-7-9-15-26(22)31-29(23)27(19)28-24(18-20-10-4-3-5-11-20)21-12-6-8-14-25(21)30(28)2/h4,6-7,9-13,15H,3,5,8,14,16-18H2,1-2H3. The molecule has 2 nitrogen and oxygen atoms in total. The molecule has 0 saturated carbocycles. The molecule has 2 heterocycles. The van der Waals surface area contributed by atoms with Crippen LogP contribution >= 0.6 is 0 Å². The summed E-state index contributed by atoms with van der Waals surface area (Å²) < 4.78 is 9.02. The molecule has 3 aliphatic carbocycles. The predicted octanol–water partition coefficient (Wildman–Crippen LogP) is 7.32. The largest absolute Gasteiger partial charge is 0.456 e. The van der Waals surface area contributed by atoms with Crippen LogP contribution in [0.15, 0.2) is 64.1 Å². The van der Waals surface area contributed by atoms with Gasteiger partial charge in [-0.1, -0.05) is 54.2 Å². The van der Waals surface area contributed by atoms with E-state index < -0.39 is 0 Å². The number of hydrogen-bond donors (Lipinski definition) is 0. The number of aryl methyl sites for hydroxylation is 1. The van der Waals surface area contributed by atoms with Crippen LogP contribution in [-0.4, -0.2) is 4.57 Å². The first-order chi connectivity index (χ1) is 15.2. The average Bonchev–Trinajstić information content (AvgIpc) is 3.31. The van der Waals surface area contributed by atoms with E-state index in [-0.39, 0.29) is 0 Å². The van der Waals surface area contributed by atoms with Crippen molar-refractivity contribution in [3.8, 4) is 0 Å². The fourth-order valence-electron chi connectivity index (χ4n) is 5.73. The van der Waals surface area contributed by atoms with Gasteiger partial charge >= 0.3 is 0 Å². The molecule has 6 rings (SSSR count). The quantitative estimate of drug-likeness (QED) is 0.445. The normalized spacial score (nSPS) is 17.8. The number of rotatable bonds is 3. The van der Waals surface area contributed by atoms with Crippen LogP contribution in [0, 0.1) is 0 Å². The minimum Gasteiger partial charge on any atom is -0.456 e. The minimum absolute atomic E-state index is 0.992. The third-order valence-electron chi connectivity index (χ3n) is 7.29. The Balaban J connectivity index is 1.60. The van der Waals surface area contributed by atoms with Crippen molar-refractivity contribution in [1.82, 2.24) is 4.57 Å². The lowest BCUT2D eigenvalue weighted by molar-refractivity contribution is 0.587. The van der Waals surface area contributed by atoms with Gasteiger partial charge in [-0.2, -0.15) is 0 Å². The molecule has 3 aliphatic rings. The van der Waals surface area contributed by atoms with Crippen molar-refractivity contribution >= 4 is 22.6 Å². The molecule has 3 aromatic rings. The molecule has 0 atom stereocenters. The highest BCUT2D eigenvalue weighted by atomic mass is 16.3. The van der Waals surface area contributed by atoms with Gasteiger partial charge in [0, 0.05) is 29.3 Å². The third kappa shape index (κ3) is 2.92. The fourth-order valence-corrected chi connectivity index (χ4v) is 5.73. The van der Waals surface area contributed by atoms with Gasteiger partial charge in [0.15, 0.2) is 0 Å². The maximum absolute atomic E-state index is 6.54. The van der Waals surface area contributed by atoms with Crippen LogP contribution in [0.2, 0.25) is 0 Å². The van der Waals surface area contributed by atoms with E-state index in [9.17, 15) is 0 Å². The number of hydrogen-bond acceptors (Lipinski definition) is 1. The lowest BCUT2D eigenvalue weighted by Crippen LogP contribution is -2.09. The van der Waals surface area contributed by atoms with Crippen molar-refractivity contribution < 1.29 is 4.42 Å². The number of benzene rings is 1. The smallest absolute Gasteiger partial charge is 0.140 e. The van der Waals surface area contributed by atoms with Gasteiger partial charge in [-0.05, 0) is 74.6 Å². The second-order valence-corrected chi connectivity index (χ2v) is 9.18. The number of para-hydroxylation sites is 1. The second-order valence-electron chi connectivity index (χ2n) is 9.18. The maximum Gasteiger partial charge on any atom is 0.140 e. The van der Waals surface area contributed by atoms with Crippen molar-refractivity contribution in [2.45, 2.75) is 51.9 Å². The summed E-state index contributed by atoms with van der Waals surface area (Å²) in [4.78, 5) is 0. The molecule has 0 spiro atoms. The molecule has 0 N–H and O–H groups in total. The molecule has 0 bridgehead atoms. The third-order valence-corrected chi connectivity index (χ3v) is 7.29. The molecule has 2 aromatic heterocycles. The van der Waals surface area contributed by atoms with Crippen LogP contribution < -0.4 is 0 Å². The molecule has 0 unspecified atom stereocenters. The van der Waals surface area contributed by atoms with E-state index in [0.29, 0.717) is 0 Å². The molecule has 2 heteroatoms. The van der Waals surface area contributed by atoms with Crippen molar-refractivity contribution in [3.63, 3.8) is 0 Å². The van der Waals surface area contributed by atoms with Gasteiger partial charge in [0.05, 0.1) is 5.69 Å². The van der Waals surface area contributed by atoms with Gasteiger partial charge in [0.25, 0.3) is 0 Å². The van der Waals surface area contributed by atoms with Gasteiger partial charge < -0.3 is 8.98 Å². The molecular formula is C29H29NO. The summed E-state index contributed by atoms with van der Waals surface area (Å²) in [6.07, 6.45) is 19.5. The Morgan fingerprint density at radius 2 is 1.84 bits per heavy atom. The van der Waals surface area contributed by atoms with Crippen molar-refractivity contribution in [2.24, 2.45) is 7.05 Å². The highest BCUT2D eigenvalue weighted by Crippen LogP contribution is 2.44. The fraction of sp³-hybridized carbons (Fsp3) is 0.310. The molecule has 0 fully saturated rings. The van der Waals surface area contributed by atoms with E-state index in [1.807, 2.05) is 0 Å². The SMILES string of the molecule is CC1=C(c2c(CC3=CCCC=C3)c3c(n2C)CCC=C3)c2oc3ccccc3c2CC1. The first kappa shape index (κ1) is 18.7. The Labute approximate surface area is 184 Å². The molecule has 1 aromatic carbocycles. The van der Waals surface area contributed by atoms with Crippen LogP contribution in [0.3, 0.4) is 0 Å². The molecule has 0 saturated heterocycles. The number of furan rings is 1. The Morgan fingerprint density at radius 3 is 2.71 bits per heavy atom. The Bertz CT molecular complexity index is 1320. The highest BCUT2D eigenvalue weighted by Gasteiger charge is 2.31. The van der Waals surface area contributed by atoms with Crippen LogP contribution in [0.1, 0.15) is 66.4 Å². The summed E-state index contributed by atoms with van der Waals surface area (Å²) in [5.74, 6) is 1.10. The predicted molar refractivity (Wildman–Crippen MR) is 129 cm³/mol. The Morgan fingerprint density at radius 1 is 0.968 bits per heavy atom. The molecule has 156 valence electrons. The Hall–Kier alpha value is -3.00. The lowest BCUT2D eigenvalue weighted by atomic mass is 9.85. The first-order valence-corrected chi connectivity index (χ1v) is 11.7. The second kappa shape index (κ2) is 7.30.